The summed E-state index contributed by atoms with van der Waals surface area (Å²) in [5.41, 5.74) is 5.59. The average Bonchev–Trinajstić information content (AvgIpc) is 2.35. The highest BCUT2D eigenvalue weighted by atomic mass is 16.5. The van der Waals surface area contributed by atoms with Crippen molar-refractivity contribution in [3.8, 4) is 0 Å². The van der Waals surface area contributed by atoms with Gasteiger partial charge in [0.25, 0.3) is 0 Å². The minimum atomic E-state index is -0.224. The highest BCUT2D eigenvalue weighted by Crippen LogP contribution is 2.08. The molecule has 0 heterocycles. The van der Waals surface area contributed by atoms with Gasteiger partial charge in [0.1, 0.15) is 0 Å². The van der Waals surface area contributed by atoms with E-state index in [4.69, 9.17) is 19.9 Å². The van der Waals surface area contributed by atoms with Gasteiger partial charge in [0, 0.05) is 12.6 Å². The lowest BCUT2D eigenvalue weighted by Gasteiger charge is -2.16. The molecule has 122 valence electrons. The molecule has 20 heavy (non-hydrogen) atoms. The number of rotatable bonds is 13. The number of aliphatic hydroxyl groups excluding tert-OH is 1. The van der Waals surface area contributed by atoms with Crippen LogP contribution in [-0.4, -0.2) is 56.4 Å². The zero-order valence-electron chi connectivity index (χ0n) is 13.5. The molecule has 0 saturated heterocycles. The van der Waals surface area contributed by atoms with Crippen LogP contribution in [0.15, 0.2) is 0 Å². The Hall–Kier alpha value is -0.200. The van der Waals surface area contributed by atoms with Gasteiger partial charge in [-0.1, -0.05) is 6.92 Å². The molecule has 0 bridgehead atoms. The summed E-state index contributed by atoms with van der Waals surface area (Å²) in [5.74, 6) is 0.469. The van der Waals surface area contributed by atoms with Gasteiger partial charge in [0.2, 0.25) is 0 Å². The summed E-state index contributed by atoms with van der Waals surface area (Å²) in [6.07, 6.45) is 1.65. The first-order valence-corrected chi connectivity index (χ1v) is 7.62. The van der Waals surface area contributed by atoms with Crippen LogP contribution in [0.4, 0.5) is 0 Å². The highest BCUT2D eigenvalue weighted by molar-refractivity contribution is 4.55. The van der Waals surface area contributed by atoms with Crippen LogP contribution in [0.25, 0.3) is 0 Å². The maximum Gasteiger partial charge on any atom is 0.0781 e. The number of nitrogens with two attached hydrogens (primary N) is 1. The molecule has 5 heteroatoms. The summed E-state index contributed by atoms with van der Waals surface area (Å²) < 4.78 is 16.5. The molecule has 0 aliphatic carbocycles. The van der Waals surface area contributed by atoms with E-state index in [0.717, 1.165) is 12.8 Å². The summed E-state index contributed by atoms with van der Waals surface area (Å²) >= 11 is 0. The second-order valence-electron chi connectivity index (χ2n) is 5.80. The molecule has 0 aromatic carbocycles. The molecule has 3 N–H and O–H groups in total. The fraction of sp³-hybridized carbons (Fsp3) is 1.00. The standard InChI is InChI=1S/C15H33NO4/c1-12(5-6-14(3)17)9-18-7-8-20-15(4)11-19-10-13(2)16/h12-15,17H,5-11,16H2,1-4H3. The molecule has 0 saturated carbocycles. The Balaban J connectivity index is 3.34. The summed E-state index contributed by atoms with van der Waals surface area (Å²) in [4.78, 5) is 0. The first kappa shape index (κ1) is 19.8. The number of ether oxygens (including phenoxy) is 3. The molecule has 5 nitrogen and oxygen atoms in total. The number of aliphatic hydroxyl groups is 1. The van der Waals surface area contributed by atoms with Crippen LogP contribution in [0.2, 0.25) is 0 Å². The predicted molar refractivity (Wildman–Crippen MR) is 80.8 cm³/mol. The zero-order valence-corrected chi connectivity index (χ0v) is 13.5. The van der Waals surface area contributed by atoms with Crippen molar-refractivity contribution in [1.29, 1.82) is 0 Å². The highest BCUT2D eigenvalue weighted by Gasteiger charge is 2.06. The lowest BCUT2D eigenvalue weighted by molar-refractivity contribution is -0.0347. The van der Waals surface area contributed by atoms with Crippen molar-refractivity contribution in [1.82, 2.24) is 0 Å². The Morgan fingerprint density at radius 2 is 1.60 bits per heavy atom. The molecule has 0 aromatic rings. The summed E-state index contributed by atoms with van der Waals surface area (Å²) in [6, 6.07) is 0.0636. The second-order valence-corrected chi connectivity index (χ2v) is 5.80. The second kappa shape index (κ2) is 12.5. The maximum atomic E-state index is 9.20. The maximum absolute atomic E-state index is 9.20. The average molecular weight is 291 g/mol. The number of hydrogen-bond acceptors (Lipinski definition) is 5. The van der Waals surface area contributed by atoms with E-state index in [2.05, 4.69) is 6.92 Å². The zero-order chi connectivity index (χ0) is 15.4. The fourth-order valence-corrected chi connectivity index (χ4v) is 1.67. The molecule has 0 fully saturated rings. The molecule has 4 unspecified atom stereocenters. The number of hydrogen-bond donors (Lipinski definition) is 2. The van der Waals surface area contributed by atoms with E-state index in [1.54, 1.807) is 0 Å². The molecular formula is C15H33NO4. The van der Waals surface area contributed by atoms with Crippen molar-refractivity contribution >= 4 is 0 Å². The monoisotopic (exact) mass is 291 g/mol. The Morgan fingerprint density at radius 1 is 0.900 bits per heavy atom. The van der Waals surface area contributed by atoms with Gasteiger partial charge >= 0.3 is 0 Å². The van der Waals surface area contributed by atoms with Crippen LogP contribution >= 0.6 is 0 Å². The van der Waals surface area contributed by atoms with Crippen molar-refractivity contribution in [3.05, 3.63) is 0 Å². The molecule has 4 atom stereocenters. The van der Waals surface area contributed by atoms with Gasteiger partial charge in [-0.2, -0.15) is 0 Å². The van der Waals surface area contributed by atoms with Gasteiger partial charge < -0.3 is 25.1 Å². The first-order valence-electron chi connectivity index (χ1n) is 7.62. The van der Waals surface area contributed by atoms with Gasteiger partial charge in [-0.05, 0) is 39.5 Å². The fourth-order valence-electron chi connectivity index (χ4n) is 1.67. The van der Waals surface area contributed by atoms with Crippen molar-refractivity contribution in [2.24, 2.45) is 11.7 Å². The molecule has 0 aromatic heterocycles. The first-order chi connectivity index (χ1) is 9.41. The summed E-state index contributed by atoms with van der Waals surface area (Å²) in [7, 11) is 0. The van der Waals surface area contributed by atoms with E-state index in [-0.39, 0.29) is 18.2 Å². The van der Waals surface area contributed by atoms with Crippen LogP contribution in [-0.2, 0) is 14.2 Å². The van der Waals surface area contributed by atoms with Crippen molar-refractivity contribution in [3.63, 3.8) is 0 Å². The van der Waals surface area contributed by atoms with E-state index in [0.29, 0.717) is 39.0 Å². The molecular weight excluding hydrogens is 258 g/mol. The topological polar surface area (TPSA) is 73.9 Å². The van der Waals surface area contributed by atoms with Crippen LogP contribution in [0.1, 0.15) is 40.5 Å². The van der Waals surface area contributed by atoms with Crippen LogP contribution in [0.5, 0.6) is 0 Å². The van der Waals surface area contributed by atoms with Gasteiger partial charge in [0.05, 0.1) is 38.6 Å². The third kappa shape index (κ3) is 14.2. The quantitative estimate of drug-likeness (QED) is 0.504. The molecule has 0 aliphatic heterocycles. The Morgan fingerprint density at radius 3 is 2.20 bits per heavy atom. The minimum Gasteiger partial charge on any atom is -0.393 e. The smallest absolute Gasteiger partial charge is 0.0781 e. The predicted octanol–water partition coefficient (Wildman–Crippen LogP) is 1.57. The van der Waals surface area contributed by atoms with Gasteiger partial charge in [-0.3, -0.25) is 0 Å². The summed E-state index contributed by atoms with van der Waals surface area (Å²) in [6.45, 7) is 10.8. The minimum absolute atomic E-state index is 0.0602. The van der Waals surface area contributed by atoms with Gasteiger partial charge in [-0.25, -0.2) is 0 Å². The lowest BCUT2D eigenvalue weighted by atomic mass is 10.0. The summed E-state index contributed by atoms with van der Waals surface area (Å²) in [5, 5.41) is 9.20. The van der Waals surface area contributed by atoms with E-state index in [1.807, 2.05) is 20.8 Å². The molecule has 0 radical (unpaired) electrons. The SMILES string of the molecule is CC(N)COCC(C)OCCOCC(C)CCC(C)O. The largest absolute Gasteiger partial charge is 0.393 e. The third-order valence-electron chi connectivity index (χ3n) is 2.84. The van der Waals surface area contributed by atoms with Crippen molar-refractivity contribution in [2.45, 2.75) is 58.8 Å². The van der Waals surface area contributed by atoms with E-state index in [1.165, 1.54) is 0 Å². The van der Waals surface area contributed by atoms with E-state index < -0.39 is 0 Å². The normalized spacial score (nSPS) is 17.7. The van der Waals surface area contributed by atoms with Crippen molar-refractivity contribution < 1.29 is 19.3 Å². The molecule has 0 rings (SSSR count). The van der Waals surface area contributed by atoms with Crippen LogP contribution in [0, 0.1) is 5.92 Å². The molecule has 0 spiro atoms. The van der Waals surface area contributed by atoms with Gasteiger partial charge in [-0.15, -0.1) is 0 Å². The Kier molecular flexibility index (Phi) is 12.4. The van der Waals surface area contributed by atoms with Gasteiger partial charge in [0.15, 0.2) is 0 Å². The van der Waals surface area contributed by atoms with Crippen molar-refractivity contribution in [2.75, 3.05) is 33.0 Å². The van der Waals surface area contributed by atoms with Crippen LogP contribution < -0.4 is 5.73 Å². The lowest BCUT2D eigenvalue weighted by Crippen LogP contribution is -2.26. The van der Waals surface area contributed by atoms with Crippen LogP contribution in [0.3, 0.4) is 0 Å². The Bertz CT molecular complexity index is 212. The molecule has 0 aliphatic rings. The van der Waals surface area contributed by atoms with E-state index >= 15 is 0 Å². The Labute approximate surface area is 123 Å². The van der Waals surface area contributed by atoms with E-state index in [9.17, 15) is 5.11 Å². The molecule has 0 amide bonds. The third-order valence-corrected chi connectivity index (χ3v) is 2.84.